The molecule has 0 heterocycles. The Morgan fingerprint density at radius 1 is 1.15 bits per heavy atom. The van der Waals surface area contributed by atoms with Crippen LogP contribution in [0.15, 0.2) is 24.3 Å². The Kier molecular flexibility index (Phi) is 2.22. The van der Waals surface area contributed by atoms with Crippen molar-refractivity contribution in [3.63, 3.8) is 0 Å². The Morgan fingerprint density at radius 2 is 2.00 bits per heavy atom. The fourth-order valence-electron chi connectivity index (χ4n) is 2.09. The molecule has 2 rings (SSSR count). The molecule has 0 aliphatic heterocycles. The Labute approximate surface area is 80.3 Å². The van der Waals surface area contributed by atoms with Crippen molar-refractivity contribution in [2.45, 2.75) is 33.1 Å². The van der Waals surface area contributed by atoms with E-state index in [0.717, 1.165) is 0 Å². The van der Waals surface area contributed by atoms with Crippen LogP contribution in [-0.4, -0.2) is 0 Å². The lowest BCUT2D eigenvalue weighted by Crippen LogP contribution is -1.87. The lowest BCUT2D eigenvalue weighted by Gasteiger charge is -2.07. The van der Waals surface area contributed by atoms with Crippen molar-refractivity contribution < 1.29 is 0 Å². The summed E-state index contributed by atoms with van der Waals surface area (Å²) in [6, 6.07) is 6.75. The molecule has 0 radical (unpaired) electrons. The van der Waals surface area contributed by atoms with Crippen LogP contribution in [-0.2, 0) is 0 Å². The van der Waals surface area contributed by atoms with Gasteiger partial charge in [-0.25, -0.2) is 0 Å². The smallest absolute Gasteiger partial charge is 0.0198 e. The summed E-state index contributed by atoms with van der Waals surface area (Å²) >= 11 is 0. The molecule has 1 aliphatic rings. The summed E-state index contributed by atoms with van der Waals surface area (Å²) in [5.41, 5.74) is 5.80. The van der Waals surface area contributed by atoms with Gasteiger partial charge in [0.1, 0.15) is 0 Å². The van der Waals surface area contributed by atoms with Crippen molar-refractivity contribution in [3.05, 3.63) is 41.0 Å². The van der Waals surface area contributed by atoms with Crippen LogP contribution in [0.2, 0.25) is 0 Å². The fourth-order valence-corrected chi connectivity index (χ4v) is 2.09. The molecule has 0 saturated carbocycles. The Hall–Kier alpha value is -1.04. The Bertz CT molecular complexity index is 345. The van der Waals surface area contributed by atoms with Crippen molar-refractivity contribution in [2.75, 3.05) is 0 Å². The van der Waals surface area contributed by atoms with Crippen molar-refractivity contribution in [1.29, 1.82) is 0 Å². The zero-order valence-corrected chi connectivity index (χ0v) is 8.43. The van der Waals surface area contributed by atoms with Gasteiger partial charge in [0.25, 0.3) is 0 Å². The Morgan fingerprint density at radius 3 is 2.62 bits per heavy atom. The van der Waals surface area contributed by atoms with E-state index in [1.807, 2.05) is 0 Å². The van der Waals surface area contributed by atoms with Crippen LogP contribution in [0.4, 0.5) is 0 Å². The molecule has 0 atom stereocenters. The van der Waals surface area contributed by atoms with Crippen molar-refractivity contribution >= 4 is 5.57 Å². The van der Waals surface area contributed by atoms with Crippen molar-refractivity contribution in [1.82, 2.24) is 0 Å². The van der Waals surface area contributed by atoms with E-state index in [-0.39, 0.29) is 0 Å². The minimum absolute atomic E-state index is 1.27. The molecule has 0 amide bonds. The predicted octanol–water partition coefficient (Wildman–Crippen LogP) is 3.87. The average molecular weight is 172 g/mol. The molecule has 0 aromatic heterocycles. The van der Waals surface area contributed by atoms with Gasteiger partial charge in [-0.2, -0.15) is 0 Å². The average Bonchev–Trinajstić information content (AvgIpc) is 2.56. The molecule has 1 aliphatic carbocycles. The van der Waals surface area contributed by atoms with Gasteiger partial charge in [0, 0.05) is 0 Å². The van der Waals surface area contributed by atoms with Gasteiger partial charge in [-0.15, -0.1) is 0 Å². The van der Waals surface area contributed by atoms with E-state index in [9.17, 15) is 0 Å². The van der Waals surface area contributed by atoms with E-state index < -0.39 is 0 Å². The second-order valence-corrected chi connectivity index (χ2v) is 3.94. The summed E-state index contributed by atoms with van der Waals surface area (Å²) in [5, 5.41) is 0. The SMILES string of the molecule is Cc1ccc(C2=CCCC2)c(C)c1. The highest BCUT2D eigenvalue weighted by molar-refractivity contribution is 5.69. The first kappa shape index (κ1) is 8.55. The molecule has 0 bridgehead atoms. The summed E-state index contributed by atoms with van der Waals surface area (Å²) in [4.78, 5) is 0. The van der Waals surface area contributed by atoms with Crippen LogP contribution < -0.4 is 0 Å². The molecule has 0 saturated heterocycles. The number of hydrogen-bond donors (Lipinski definition) is 0. The van der Waals surface area contributed by atoms with E-state index in [1.165, 1.54) is 36.0 Å². The number of rotatable bonds is 1. The summed E-state index contributed by atoms with van der Waals surface area (Å²) in [6.07, 6.45) is 6.26. The highest BCUT2D eigenvalue weighted by Gasteiger charge is 2.08. The van der Waals surface area contributed by atoms with E-state index in [0.29, 0.717) is 0 Å². The maximum atomic E-state index is 2.39. The number of aryl methyl sites for hydroxylation is 2. The van der Waals surface area contributed by atoms with Crippen LogP contribution in [0.1, 0.15) is 36.0 Å². The zero-order chi connectivity index (χ0) is 9.26. The summed E-state index contributed by atoms with van der Waals surface area (Å²) < 4.78 is 0. The maximum Gasteiger partial charge on any atom is -0.0198 e. The van der Waals surface area contributed by atoms with Crippen molar-refractivity contribution in [3.8, 4) is 0 Å². The second-order valence-electron chi connectivity index (χ2n) is 3.94. The number of benzene rings is 1. The van der Waals surface area contributed by atoms with Gasteiger partial charge in [-0.1, -0.05) is 29.8 Å². The lowest BCUT2D eigenvalue weighted by molar-refractivity contribution is 0.935. The third-order valence-electron chi connectivity index (χ3n) is 2.77. The molecular formula is C13H16. The van der Waals surface area contributed by atoms with Gasteiger partial charge in [-0.3, -0.25) is 0 Å². The fraction of sp³-hybridized carbons (Fsp3) is 0.385. The number of allylic oxidation sites excluding steroid dienone is 2. The van der Waals surface area contributed by atoms with E-state index in [1.54, 1.807) is 5.57 Å². The molecule has 0 fully saturated rings. The molecule has 0 N–H and O–H groups in total. The molecule has 1 aromatic rings. The highest BCUT2D eigenvalue weighted by atomic mass is 14.1. The molecule has 0 spiro atoms. The second kappa shape index (κ2) is 3.37. The normalized spacial score (nSPS) is 16.0. The zero-order valence-electron chi connectivity index (χ0n) is 8.43. The summed E-state index contributed by atoms with van der Waals surface area (Å²) in [6.45, 7) is 4.36. The molecule has 0 nitrogen and oxygen atoms in total. The first-order valence-corrected chi connectivity index (χ1v) is 5.04. The molecule has 0 heteroatoms. The van der Waals surface area contributed by atoms with Gasteiger partial charge >= 0.3 is 0 Å². The Balaban J connectivity index is 2.40. The first-order chi connectivity index (χ1) is 6.27. The largest absolute Gasteiger partial charge is 0.0807 e. The van der Waals surface area contributed by atoms with Crippen LogP contribution in [0.25, 0.3) is 5.57 Å². The molecular weight excluding hydrogens is 156 g/mol. The first-order valence-electron chi connectivity index (χ1n) is 5.04. The van der Waals surface area contributed by atoms with Gasteiger partial charge in [0.2, 0.25) is 0 Å². The molecule has 13 heavy (non-hydrogen) atoms. The van der Waals surface area contributed by atoms with Gasteiger partial charge in [-0.05, 0) is 49.8 Å². The quantitative estimate of drug-likeness (QED) is 0.603. The molecule has 1 aromatic carbocycles. The molecule has 0 unspecified atom stereocenters. The van der Waals surface area contributed by atoms with Gasteiger partial charge in [0.05, 0.1) is 0 Å². The van der Waals surface area contributed by atoms with Crippen LogP contribution >= 0.6 is 0 Å². The predicted molar refractivity (Wildman–Crippen MR) is 57.7 cm³/mol. The third kappa shape index (κ3) is 1.67. The van der Waals surface area contributed by atoms with E-state index >= 15 is 0 Å². The topological polar surface area (TPSA) is 0 Å². The maximum absolute atomic E-state index is 2.39. The van der Waals surface area contributed by atoms with E-state index in [4.69, 9.17) is 0 Å². The monoisotopic (exact) mass is 172 g/mol. The lowest BCUT2D eigenvalue weighted by atomic mass is 9.98. The minimum atomic E-state index is 1.27. The van der Waals surface area contributed by atoms with Crippen LogP contribution in [0, 0.1) is 13.8 Å². The van der Waals surface area contributed by atoms with Gasteiger partial charge < -0.3 is 0 Å². The number of hydrogen-bond acceptors (Lipinski definition) is 0. The summed E-state index contributed by atoms with van der Waals surface area (Å²) in [5.74, 6) is 0. The van der Waals surface area contributed by atoms with E-state index in [2.05, 4.69) is 38.1 Å². The van der Waals surface area contributed by atoms with Gasteiger partial charge in [0.15, 0.2) is 0 Å². The standard InChI is InChI=1S/C13H16/c1-10-7-8-13(11(2)9-10)12-5-3-4-6-12/h5,7-9H,3-4,6H2,1-2H3. The third-order valence-corrected chi connectivity index (χ3v) is 2.77. The van der Waals surface area contributed by atoms with Crippen LogP contribution in [0.5, 0.6) is 0 Å². The highest BCUT2D eigenvalue weighted by Crippen LogP contribution is 2.29. The van der Waals surface area contributed by atoms with Crippen LogP contribution in [0.3, 0.4) is 0 Å². The summed E-state index contributed by atoms with van der Waals surface area (Å²) in [7, 11) is 0. The van der Waals surface area contributed by atoms with Crippen molar-refractivity contribution in [2.24, 2.45) is 0 Å². The minimum Gasteiger partial charge on any atom is -0.0807 e. The molecule has 68 valence electrons.